The lowest BCUT2D eigenvalue weighted by Gasteiger charge is -2.04. The lowest BCUT2D eigenvalue weighted by Crippen LogP contribution is -2.07. The van der Waals surface area contributed by atoms with Gasteiger partial charge in [-0.05, 0) is 65.4 Å². The molecular formula is C19H19N5O2. The van der Waals surface area contributed by atoms with Gasteiger partial charge in [0.1, 0.15) is 5.75 Å². The summed E-state index contributed by atoms with van der Waals surface area (Å²) in [6.45, 7) is 2.57. The van der Waals surface area contributed by atoms with Crippen molar-refractivity contribution in [3.8, 4) is 17.1 Å². The van der Waals surface area contributed by atoms with Crippen molar-refractivity contribution in [2.24, 2.45) is 7.05 Å². The summed E-state index contributed by atoms with van der Waals surface area (Å²) < 4.78 is 6.98. The predicted molar refractivity (Wildman–Crippen MR) is 99.5 cm³/mol. The maximum absolute atomic E-state index is 12.1. The Kier molecular flexibility index (Phi) is 5.38. The Morgan fingerprint density at radius 2 is 1.88 bits per heavy atom. The Labute approximate surface area is 151 Å². The van der Waals surface area contributed by atoms with E-state index in [1.807, 2.05) is 55.5 Å². The zero-order valence-electron chi connectivity index (χ0n) is 14.6. The number of carbonyl (C=O) groups is 1. The average molecular weight is 349 g/mol. The molecule has 7 nitrogen and oxygen atoms in total. The van der Waals surface area contributed by atoms with E-state index in [1.165, 1.54) is 6.08 Å². The van der Waals surface area contributed by atoms with E-state index in [2.05, 4.69) is 20.8 Å². The molecule has 1 aromatic heterocycles. The van der Waals surface area contributed by atoms with Crippen molar-refractivity contribution in [3.63, 3.8) is 0 Å². The van der Waals surface area contributed by atoms with Crippen LogP contribution in [0.3, 0.4) is 0 Å². The van der Waals surface area contributed by atoms with Crippen LogP contribution in [0.15, 0.2) is 54.6 Å². The first-order valence-corrected chi connectivity index (χ1v) is 8.20. The van der Waals surface area contributed by atoms with Gasteiger partial charge in [-0.25, -0.2) is 4.68 Å². The molecule has 0 saturated heterocycles. The molecule has 0 bridgehead atoms. The van der Waals surface area contributed by atoms with Crippen LogP contribution in [0, 0.1) is 0 Å². The quantitative estimate of drug-likeness (QED) is 0.692. The predicted octanol–water partition coefficient (Wildman–Crippen LogP) is 2.93. The van der Waals surface area contributed by atoms with Gasteiger partial charge < -0.3 is 10.1 Å². The average Bonchev–Trinajstić information content (AvgIpc) is 3.08. The summed E-state index contributed by atoms with van der Waals surface area (Å²) in [6, 6.07) is 14.9. The Balaban J connectivity index is 1.60. The fraction of sp³-hybridized carbons (Fsp3) is 0.158. The number of benzene rings is 2. The van der Waals surface area contributed by atoms with Crippen molar-refractivity contribution in [2.45, 2.75) is 6.92 Å². The summed E-state index contributed by atoms with van der Waals surface area (Å²) in [5.74, 6) is 1.28. The normalized spacial score (nSPS) is 10.8. The van der Waals surface area contributed by atoms with Crippen LogP contribution in [-0.4, -0.2) is 32.7 Å². The molecule has 1 amide bonds. The van der Waals surface area contributed by atoms with Gasteiger partial charge >= 0.3 is 0 Å². The van der Waals surface area contributed by atoms with Gasteiger partial charge in [0.25, 0.3) is 0 Å². The fourth-order valence-corrected chi connectivity index (χ4v) is 2.37. The second-order valence-corrected chi connectivity index (χ2v) is 5.53. The SMILES string of the molecule is CCOc1ccc(/C=C/C(=O)Nc2ccc(-c3nnnn3C)cc2)cc1. The van der Waals surface area contributed by atoms with Crippen LogP contribution in [0.2, 0.25) is 0 Å². The summed E-state index contributed by atoms with van der Waals surface area (Å²) in [6.07, 6.45) is 3.25. The first-order chi connectivity index (χ1) is 12.7. The van der Waals surface area contributed by atoms with Gasteiger partial charge in [-0.2, -0.15) is 0 Å². The molecule has 2 aromatic carbocycles. The maximum Gasteiger partial charge on any atom is 0.248 e. The molecule has 1 N–H and O–H groups in total. The molecule has 0 spiro atoms. The number of ether oxygens (including phenoxy) is 1. The van der Waals surface area contributed by atoms with Crippen LogP contribution in [-0.2, 0) is 11.8 Å². The molecule has 0 aliphatic carbocycles. The van der Waals surface area contributed by atoms with Crippen molar-refractivity contribution in [1.29, 1.82) is 0 Å². The van der Waals surface area contributed by atoms with E-state index in [9.17, 15) is 4.79 Å². The summed E-state index contributed by atoms with van der Waals surface area (Å²) in [5, 5.41) is 14.2. The van der Waals surface area contributed by atoms with Gasteiger partial charge in [0, 0.05) is 24.4 Å². The third kappa shape index (κ3) is 4.32. The minimum absolute atomic E-state index is 0.202. The Bertz CT molecular complexity index is 898. The number of amides is 1. The fourth-order valence-electron chi connectivity index (χ4n) is 2.37. The molecule has 0 atom stereocenters. The zero-order chi connectivity index (χ0) is 18.4. The molecule has 0 unspecified atom stereocenters. The lowest BCUT2D eigenvalue weighted by molar-refractivity contribution is -0.111. The highest BCUT2D eigenvalue weighted by Crippen LogP contribution is 2.18. The first-order valence-electron chi connectivity index (χ1n) is 8.20. The minimum Gasteiger partial charge on any atom is -0.494 e. The van der Waals surface area contributed by atoms with Crippen LogP contribution in [0.4, 0.5) is 5.69 Å². The van der Waals surface area contributed by atoms with E-state index in [0.29, 0.717) is 18.1 Å². The zero-order valence-corrected chi connectivity index (χ0v) is 14.6. The van der Waals surface area contributed by atoms with Gasteiger partial charge in [-0.3, -0.25) is 4.79 Å². The monoisotopic (exact) mass is 349 g/mol. The van der Waals surface area contributed by atoms with Crippen molar-refractivity contribution in [2.75, 3.05) is 11.9 Å². The highest BCUT2D eigenvalue weighted by Gasteiger charge is 2.06. The standard InChI is InChI=1S/C19H19N5O2/c1-3-26-17-11-4-14(5-12-17)6-13-18(25)20-16-9-7-15(8-10-16)19-21-22-23-24(19)2/h4-13H,3H2,1-2H3,(H,20,25)/b13-6+. The smallest absolute Gasteiger partial charge is 0.248 e. The number of aryl methyl sites for hydroxylation is 1. The van der Waals surface area contributed by atoms with Crippen molar-refractivity contribution < 1.29 is 9.53 Å². The summed E-state index contributed by atoms with van der Waals surface area (Å²) >= 11 is 0. The van der Waals surface area contributed by atoms with E-state index in [4.69, 9.17) is 4.74 Å². The third-order valence-electron chi connectivity index (χ3n) is 3.65. The number of hydrogen-bond acceptors (Lipinski definition) is 5. The third-order valence-corrected chi connectivity index (χ3v) is 3.65. The van der Waals surface area contributed by atoms with Gasteiger partial charge in [0.15, 0.2) is 5.82 Å². The number of nitrogens with zero attached hydrogens (tertiary/aromatic N) is 4. The number of nitrogens with one attached hydrogen (secondary N) is 1. The molecule has 3 aromatic rings. The summed E-state index contributed by atoms with van der Waals surface area (Å²) in [5.41, 5.74) is 2.50. The minimum atomic E-state index is -0.202. The number of aromatic nitrogens is 4. The number of rotatable bonds is 6. The molecule has 7 heteroatoms. The molecular weight excluding hydrogens is 330 g/mol. The Morgan fingerprint density at radius 3 is 2.50 bits per heavy atom. The van der Waals surface area contributed by atoms with Crippen LogP contribution < -0.4 is 10.1 Å². The number of carbonyl (C=O) groups excluding carboxylic acids is 1. The number of hydrogen-bond donors (Lipinski definition) is 1. The molecule has 0 saturated carbocycles. The number of anilines is 1. The van der Waals surface area contributed by atoms with Gasteiger partial charge in [-0.15, -0.1) is 5.10 Å². The number of tetrazole rings is 1. The molecule has 26 heavy (non-hydrogen) atoms. The Morgan fingerprint density at radius 1 is 1.15 bits per heavy atom. The van der Waals surface area contributed by atoms with Crippen LogP contribution in [0.1, 0.15) is 12.5 Å². The van der Waals surface area contributed by atoms with Gasteiger partial charge in [0.05, 0.1) is 6.61 Å². The summed E-state index contributed by atoms with van der Waals surface area (Å²) in [4.78, 5) is 12.1. The molecule has 3 rings (SSSR count). The second-order valence-electron chi connectivity index (χ2n) is 5.53. The maximum atomic E-state index is 12.1. The van der Waals surface area contributed by atoms with E-state index in [1.54, 1.807) is 17.8 Å². The molecule has 0 aliphatic rings. The molecule has 0 radical (unpaired) electrons. The van der Waals surface area contributed by atoms with E-state index in [-0.39, 0.29) is 5.91 Å². The Hall–Kier alpha value is -3.48. The topological polar surface area (TPSA) is 81.9 Å². The molecule has 0 fully saturated rings. The van der Waals surface area contributed by atoms with Crippen LogP contribution in [0.5, 0.6) is 5.75 Å². The molecule has 132 valence electrons. The molecule has 1 heterocycles. The highest BCUT2D eigenvalue weighted by atomic mass is 16.5. The van der Waals surface area contributed by atoms with E-state index in [0.717, 1.165) is 16.9 Å². The first kappa shape index (κ1) is 17.3. The lowest BCUT2D eigenvalue weighted by atomic mass is 10.2. The van der Waals surface area contributed by atoms with Crippen molar-refractivity contribution in [3.05, 3.63) is 60.2 Å². The van der Waals surface area contributed by atoms with E-state index < -0.39 is 0 Å². The molecule has 0 aliphatic heterocycles. The van der Waals surface area contributed by atoms with Crippen molar-refractivity contribution >= 4 is 17.7 Å². The van der Waals surface area contributed by atoms with Crippen LogP contribution in [0.25, 0.3) is 17.5 Å². The van der Waals surface area contributed by atoms with E-state index >= 15 is 0 Å². The van der Waals surface area contributed by atoms with Gasteiger partial charge in [0.2, 0.25) is 5.91 Å². The second kappa shape index (κ2) is 8.06. The van der Waals surface area contributed by atoms with Crippen molar-refractivity contribution in [1.82, 2.24) is 20.2 Å². The summed E-state index contributed by atoms with van der Waals surface area (Å²) in [7, 11) is 1.77. The van der Waals surface area contributed by atoms with Crippen LogP contribution >= 0.6 is 0 Å². The highest BCUT2D eigenvalue weighted by molar-refractivity contribution is 6.02. The largest absolute Gasteiger partial charge is 0.494 e. The van der Waals surface area contributed by atoms with Gasteiger partial charge in [-0.1, -0.05) is 12.1 Å².